The Morgan fingerprint density at radius 1 is 0.574 bits per heavy atom. The van der Waals surface area contributed by atoms with Gasteiger partial charge in [0.15, 0.2) is 0 Å². The van der Waals surface area contributed by atoms with Crippen molar-refractivity contribution in [3.8, 4) is 11.1 Å². The highest BCUT2D eigenvalue weighted by atomic mass is 16.3. The van der Waals surface area contributed by atoms with E-state index in [1.165, 1.54) is 66.5 Å². The normalized spacial score (nSPS) is 14.4. The summed E-state index contributed by atoms with van der Waals surface area (Å²) in [4.78, 5) is 5.02. The summed E-state index contributed by atoms with van der Waals surface area (Å²) in [5, 5.41) is 4.76. The van der Waals surface area contributed by atoms with Crippen molar-refractivity contribution in [3.63, 3.8) is 0 Å². The van der Waals surface area contributed by atoms with Crippen LogP contribution in [0, 0.1) is 0 Å². The maximum absolute atomic E-state index is 6.29. The van der Waals surface area contributed by atoms with E-state index in [0.717, 1.165) is 44.6 Å². The molecule has 9 aromatic rings. The van der Waals surface area contributed by atoms with E-state index in [2.05, 4.69) is 179 Å². The molecule has 0 atom stereocenters. The molecule has 0 bridgehead atoms. The number of anilines is 4. The van der Waals surface area contributed by atoms with E-state index in [-0.39, 0.29) is 6.85 Å². The lowest BCUT2D eigenvalue weighted by Crippen LogP contribution is -2.65. The van der Waals surface area contributed by atoms with Gasteiger partial charge < -0.3 is 18.7 Å². The predicted molar refractivity (Wildman–Crippen MR) is 228 cm³/mol. The summed E-state index contributed by atoms with van der Waals surface area (Å²) in [6, 6.07) is 54.9. The molecule has 0 aliphatic carbocycles. The fraction of sp³-hybridized carbons (Fsp3) is 0.0204. The Hall–Kier alpha value is -6.98. The van der Waals surface area contributed by atoms with Gasteiger partial charge in [-0.1, -0.05) is 104 Å². The van der Waals surface area contributed by atoms with Crippen LogP contribution in [0.3, 0.4) is 0 Å². The SMILES string of the molecule is C=CC1=C(/C=C(\C)n2c3ccccc3c3ccccc32)c2cccc3c2B2c4c(cccc4N3c3ccc4oc5ccccc5c4c3)-c3ccccc3N21. The molecule has 0 amide bonds. The molecule has 2 aromatic heterocycles. The monoisotopic (exact) mass is 689 g/mol. The van der Waals surface area contributed by atoms with Crippen LogP contribution in [0.25, 0.3) is 66.1 Å². The number of fused-ring (bicyclic) bond motifs is 9. The molecule has 4 nitrogen and oxygen atoms in total. The highest BCUT2D eigenvalue weighted by Gasteiger charge is 2.48. The number of benzene rings is 7. The number of aromatic nitrogens is 1. The van der Waals surface area contributed by atoms with Crippen molar-refractivity contribution < 1.29 is 4.42 Å². The molecule has 0 N–H and O–H groups in total. The molecule has 12 rings (SSSR count). The molecular formula is C49H32BN3O. The number of rotatable bonds is 4. The van der Waals surface area contributed by atoms with E-state index >= 15 is 0 Å². The van der Waals surface area contributed by atoms with Crippen molar-refractivity contribution in [1.82, 2.24) is 4.57 Å². The Balaban J connectivity index is 1.16. The summed E-state index contributed by atoms with van der Waals surface area (Å²) in [5.41, 5.74) is 18.6. The lowest BCUT2D eigenvalue weighted by atomic mass is 9.41. The van der Waals surface area contributed by atoms with Crippen molar-refractivity contribution in [2.75, 3.05) is 9.71 Å². The van der Waals surface area contributed by atoms with E-state index in [1.54, 1.807) is 0 Å². The largest absolute Gasteiger partial charge is 0.456 e. The maximum atomic E-state index is 6.29. The van der Waals surface area contributed by atoms with Crippen LogP contribution in [0.5, 0.6) is 0 Å². The summed E-state index contributed by atoms with van der Waals surface area (Å²) in [6.45, 7) is 6.71. The molecule has 0 radical (unpaired) electrons. The highest BCUT2D eigenvalue weighted by molar-refractivity contribution is 6.94. The van der Waals surface area contributed by atoms with Crippen molar-refractivity contribution >= 4 is 95.5 Å². The molecular weight excluding hydrogens is 657 g/mol. The number of allylic oxidation sites excluding steroid dienone is 4. The van der Waals surface area contributed by atoms with Crippen molar-refractivity contribution in [3.05, 3.63) is 182 Å². The Kier molecular flexibility index (Phi) is 5.91. The zero-order valence-corrected chi connectivity index (χ0v) is 29.6. The predicted octanol–water partition coefficient (Wildman–Crippen LogP) is 11.5. The fourth-order valence-electron chi connectivity index (χ4n) is 9.73. The molecule has 0 spiro atoms. The summed E-state index contributed by atoms with van der Waals surface area (Å²) >= 11 is 0. The molecule has 7 aromatic carbocycles. The molecule has 0 saturated heterocycles. The minimum atomic E-state index is -0.0225. The number of hydrogen-bond acceptors (Lipinski definition) is 3. The first kappa shape index (κ1) is 29.6. The molecule has 252 valence electrons. The summed E-state index contributed by atoms with van der Waals surface area (Å²) in [5.74, 6) is 0. The standard InChI is InChI=1S/C49H32BN3O/c1-3-40-38(28-30(2)51-41-20-8-4-14-32(41)33-15-5-9-21-42(33)51)37-19-13-24-45-49(37)50-48-36(34-16-6-10-22-43(34)53(40)50)18-12-23-44(48)52(45)31-26-27-47-39(29-31)35-17-7-11-25-46(35)54-47/h3-29H,1H2,2H3/b30-28+. The minimum absolute atomic E-state index is 0.0225. The van der Waals surface area contributed by atoms with Crippen molar-refractivity contribution in [2.24, 2.45) is 0 Å². The van der Waals surface area contributed by atoms with Crippen LogP contribution in [-0.4, -0.2) is 11.4 Å². The lowest BCUT2D eigenvalue weighted by Gasteiger charge is -2.49. The van der Waals surface area contributed by atoms with Crippen LogP contribution in [0.4, 0.5) is 22.7 Å². The van der Waals surface area contributed by atoms with Gasteiger partial charge in [-0.05, 0) is 95.7 Å². The topological polar surface area (TPSA) is 24.6 Å². The number of para-hydroxylation sites is 4. The number of furan rings is 1. The third-order valence-corrected chi connectivity index (χ3v) is 11.8. The van der Waals surface area contributed by atoms with Gasteiger partial charge in [0.05, 0.1) is 11.0 Å². The Bertz CT molecular complexity index is 3120. The molecule has 5 heteroatoms. The fourth-order valence-corrected chi connectivity index (χ4v) is 9.73. The van der Waals surface area contributed by atoms with Crippen LogP contribution in [0.2, 0.25) is 0 Å². The first-order valence-corrected chi connectivity index (χ1v) is 18.6. The quantitative estimate of drug-likeness (QED) is 0.172. The molecule has 0 fully saturated rings. The highest BCUT2D eigenvalue weighted by Crippen LogP contribution is 2.49. The average Bonchev–Trinajstić information content (AvgIpc) is 3.77. The van der Waals surface area contributed by atoms with E-state index in [9.17, 15) is 0 Å². The molecule has 3 aliphatic rings. The zero-order valence-electron chi connectivity index (χ0n) is 29.6. The van der Waals surface area contributed by atoms with Gasteiger partial charge in [0.25, 0.3) is 0 Å². The molecule has 0 unspecified atom stereocenters. The summed E-state index contributed by atoms with van der Waals surface area (Å²) in [7, 11) is 0. The van der Waals surface area contributed by atoms with Crippen LogP contribution >= 0.6 is 0 Å². The average molecular weight is 690 g/mol. The maximum Gasteiger partial charge on any atom is 0.333 e. The van der Waals surface area contributed by atoms with Crippen LogP contribution in [-0.2, 0) is 0 Å². The van der Waals surface area contributed by atoms with Gasteiger partial charge in [0.1, 0.15) is 11.2 Å². The zero-order chi connectivity index (χ0) is 35.7. The molecule has 0 saturated carbocycles. The van der Waals surface area contributed by atoms with Crippen LogP contribution in [0.1, 0.15) is 12.5 Å². The van der Waals surface area contributed by atoms with Gasteiger partial charge in [0, 0.05) is 66.8 Å². The minimum Gasteiger partial charge on any atom is -0.456 e. The third kappa shape index (κ3) is 3.78. The van der Waals surface area contributed by atoms with Gasteiger partial charge in [0.2, 0.25) is 0 Å². The Labute approximate surface area is 312 Å². The van der Waals surface area contributed by atoms with Gasteiger partial charge >= 0.3 is 6.85 Å². The first-order chi connectivity index (χ1) is 26.7. The van der Waals surface area contributed by atoms with Gasteiger partial charge in [-0.2, -0.15) is 0 Å². The van der Waals surface area contributed by atoms with Crippen LogP contribution in [0.15, 0.2) is 181 Å². The first-order valence-electron chi connectivity index (χ1n) is 18.6. The second kappa shape index (κ2) is 10.8. The van der Waals surface area contributed by atoms with Crippen molar-refractivity contribution in [1.29, 1.82) is 0 Å². The number of hydrogen-bond donors (Lipinski definition) is 0. The van der Waals surface area contributed by atoms with Crippen molar-refractivity contribution in [2.45, 2.75) is 6.92 Å². The van der Waals surface area contributed by atoms with Gasteiger partial charge in [-0.25, -0.2) is 0 Å². The third-order valence-electron chi connectivity index (χ3n) is 11.8. The summed E-state index contributed by atoms with van der Waals surface area (Å²) < 4.78 is 8.70. The summed E-state index contributed by atoms with van der Waals surface area (Å²) in [6.07, 6.45) is 4.45. The van der Waals surface area contributed by atoms with Gasteiger partial charge in [-0.15, -0.1) is 0 Å². The number of nitrogens with zero attached hydrogens (tertiary/aromatic N) is 3. The van der Waals surface area contributed by atoms with Gasteiger partial charge in [-0.3, -0.25) is 0 Å². The molecule has 3 aliphatic heterocycles. The van der Waals surface area contributed by atoms with E-state index < -0.39 is 0 Å². The smallest absolute Gasteiger partial charge is 0.333 e. The van der Waals surface area contributed by atoms with E-state index in [1.807, 2.05) is 12.1 Å². The van der Waals surface area contributed by atoms with Crippen LogP contribution < -0.4 is 20.6 Å². The second-order valence-corrected chi connectivity index (χ2v) is 14.5. The van der Waals surface area contributed by atoms with E-state index in [0.29, 0.717) is 0 Å². The lowest BCUT2D eigenvalue weighted by molar-refractivity contribution is 0.669. The Morgan fingerprint density at radius 2 is 1.17 bits per heavy atom. The Morgan fingerprint density at radius 3 is 1.93 bits per heavy atom. The second-order valence-electron chi connectivity index (χ2n) is 14.5. The molecule has 54 heavy (non-hydrogen) atoms. The molecule has 5 heterocycles. The van der Waals surface area contributed by atoms with E-state index in [4.69, 9.17) is 4.42 Å².